The fourth-order valence-electron chi connectivity index (χ4n) is 2.19. The van der Waals surface area contributed by atoms with Crippen molar-refractivity contribution in [3.63, 3.8) is 0 Å². The summed E-state index contributed by atoms with van der Waals surface area (Å²) in [7, 11) is 0. The van der Waals surface area contributed by atoms with Crippen LogP contribution in [0.2, 0.25) is 0 Å². The Kier molecular flexibility index (Phi) is 6.68. The van der Waals surface area contributed by atoms with Crippen LogP contribution < -0.4 is 10.6 Å². The van der Waals surface area contributed by atoms with Gasteiger partial charge in [-0.2, -0.15) is 0 Å². The van der Waals surface area contributed by atoms with Crippen molar-refractivity contribution in [2.24, 2.45) is 5.92 Å². The van der Waals surface area contributed by atoms with Crippen LogP contribution in [0.3, 0.4) is 0 Å². The monoisotopic (exact) mass is 372 g/mol. The van der Waals surface area contributed by atoms with E-state index in [1.54, 1.807) is 50.2 Å². The highest BCUT2D eigenvalue weighted by atomic mass is 32.1. The maximum Gasteiger partial charge on any atom is 0.326 e. The van der Waals surface area contributed by atoms with E-state index in [0.29, 0.717) is 5.56 Å². The van der Waals surface area contributed by atoms with Gasteiger partial charge >= 0.3 is 5.97 Å². The second kappa shape index (κ2) is 8.96. The molecule has 0 unspecified atom stereocenters. The number of benzene rings is 1. The Labute approximate surface area is 155 Å². The molecule has 2 aromatic rings. The van der Waals surface area contributed by atoms with Crippen molar-refractivity contribution >= 4 is 35.2 Å². The van der Waals surface area contributed by atoms with E-state index in [0.717, 1.165) is 4.88 Å². The number of carboxylic acid groups (broad SMARTS) is 1. The fourth-order valence-corrected chi connectivity index (χ4v) is 2.85. The summed E-state index contributed by atoms with van der Waals surface area (Å²) < 4.78 is 0. The van der Waals surface area contributed by atoms with Gasteiger partial charge in [-0.05, 0) is 35.6 Å². The molecule has 1 aromatic carbocycles. The highest BCUT2D eigenvalue weighted by Gasteiger charge is 2.25. The Hall–Kier alpha value is -2.93. The van der Waals surface area contributed by atoms with E-state index >= 15 is 0 Å². The maximum atomic E-state index is 12.6. The molecule has 1 heterocycles. The number of carbonyl (C=O) groups is 3. The standard InChI is InChI=1S/C19H20N2O4S/c1-12(2)16(19(24)25)21-18(23)15(11-14-9-6-10-26-14)20-17(22)13-7-4-3-5-8-13/h3-12,16H,1-2H3,(H,20,22)(H,21,23)(H,24,25)/b15-11+/t16-/m0/s1. The maximum absolute atomic E-state index is 12.6. The number of carboxylic acids is 1. The lowest BCUT2D eigenvalue weighted by Crippen LogP contribution is -2.47. The molecular weight excluding hydrogens is 352 g/mol. The molecule has 0 bridgehead atoms. The van der Waals surface area contributed by atoms with Gasteiger partial charge in [0.2, 0.25) is 0 Å². The second-order valence-electron chi connectivity index (χ2n) is 5.93. The molecule has 0 saturated carbocycles. The first kappa shape index (κ1) is 19.4. The molecule has 0 aliphatic rings. The average molecular weight is 372 g/mol. The summed E-state index contributed by atoms with van der Waals surface area (Å²) in [5.41, 5.74) is 0.393. The number of rotatable bonds is 7. The fraction of sp³-hybridized carbons (Fsp3) is 0.211. The third-order valence-corrected chi connectivity index (χ3v) is 4.40. The van der Waals surface area contributed by atoms with Gasteiger partial charge in [-0.15, -0.1) is 11.3 Å². The quantitative estimate of drug-likeness (QED) is 0.651. The summed E-state index contributed by atoms with van der Waals surface area (Å²) in [6.45, 7) is 3.40. The lowest BCUT2D eigenvalue weighted by atomic mass is 10.0. The van der Waals surface area contributed by atoms with Crippen molar-refractivity contribution < 1.29 is 19.5 Å². The number of thiophene rings is 1. The van der Waals surface area contributed by atoms with Gasteiger partial charge in [0.25, 0.3) is 11.8 Å². The van der Waals surface area contributed by atoms with E-state index in [9.17, 15) is 19.5 Å². The number of aliphatic carboxylic acids is 1. The Morgan fingerprint density at radius 3 is 2.31 bits per heavy atom. The normalized spacial score (nSPS) is 12.5. The first-order chi connectivity index (χ1) is 12.4. The zero-order chi connectivity index (χ0) is 19.1. The predicted octanol–water partition coefficient (Wildman–Crippen LogP) is 2.74. The minimum Gasteiger partial charge on any atom is -0.480 e. The highest BCUT2D eigenvalue weighted by molar-refractivity contribution is 7.10. The lowest BCUT2D eigenvalue weighted by Gasteiger charge is -2.19. The summed E-state index contributed by atoms with van der Waals surface area (Å²) in [5.74, 6) is -2.52. The van der Waals surface area contributed by atoms with Crippen LogP contribution in [0, 0.1) is 5.92 Å². The van der Waals surface area contributed by atoms with Gasteiger partial charge < -0.3 is 15.7 Å². The molecule has 1 aromatic heterocycles. The number of hydrogen-bond acceptors (Lipinski definition) is 4. The van der Waals surface area contributed by atoms with Crippen molar-refractivity contribution in [3.8, 4) is 0 Å². The van der Waals surface area contributed by atoms with Crippen LogP contribution in [0.4, 0.5) is 0 Å². The third kappa shape index (κ3) is 5.29. The first-order valence-corrected chi connectivity index (χ1v) is 8.91. The van der Waals surface area contributed by atoms with Crippen LogP contribution >= 0.6 is 11.3 Å². The van der Waals surface area contributed by atoms with Gasteiger partial charge in [0, 0.05) is 10.4 Å². The molecular formula is C19H20N2O4S. The van der Waals surface area contributed by atoms with E-state index in [1.807, 2.05) is 11.4 Å². The summed E-state index contributed by atoms with van der Waals surface area (Å²) in [6.07, 6.45) is 1.53. The Bertz CT molecular complexity index is 798. The number of hydrogen-bond donors (Lipinski definition) is 3. The Balaban J connectivity index is 2.25. The molecule has 136 valence electrons. The van der Waals surface area contributed by atoms with E-state index < -0.39 is 23.8 Å². The molecule has 6 nitrogen and oxygen atoms in total. The molecule has 1 atom stereocenters. The smallest absolute Gasteiger partial charge is 0.326 e. The molecule has 3 N–H and O–H groups in total. The van der Waals surface area contributed by atoms with Gasteiger partial charge in [-0.1, -0.05) is 38.1 Å². The predicted molar refractivity (Wildman–Crippen MR) is 101 cm³/mol. The van der Waals surface area contributed by atoms with Gasteiger partial charge in [0.05, 0.1) is 0 Å². The second-order valence-corrected chi connectivity index (χ2v) is 6.91. The number of carbonyl (C=O) groups excluding carboxylic acids is 2. The van der Waals surface area contributed by atoms with E-state index in [-0.39, 0.29) is 11.6 Å². The van der Waals surface area contributed by atoms with Gasteiger partial charge in [0.15, 0.2) is 0 Å². The van der Waals surface area contributed by atoms with Crippen molar-refractivity contribution in [1.29, 1.82) is 0 Å². The zero-order valence-electron chi connectivity index (χ0n) is 14.4. The van der Waals surface area contributed by atoms with Crippen molar-refractivity contribution in [2.45, 2.75) is 19.9 Å². The molecule has 0 saturated heterocycles. The van der Waals surface area contributed by atoms with Crippen molar-refractivity contribution in [3.05, 3.63) is 64.0 Å². The summed E-state index contributed by atoms with van der Waals surface area (Å²) in [4.78, 5) is 37.1. The SMILES string of the molecule is CC(C)[C@H](NC(=O)/C(=C\c1cccs1)NC(=O)c1ccccc1)C(=O)O. The number of nitrogens with one attached hydrogen (secondary N) is 2. The Morgan fingerprint density at radius 2 is 1.77 bits per heavy atom. The largest absolute Gasteiger partial charge is 0.480 e. The van der Waals surface area contributed by atoms with Gasteiger partial charge in [-0.3, -0.25) is 9.59 Å². The van der Waals surface area contributed by atoms with Crippen LogP contribution in [-0.4, -0.2) is 28.9 Å². The zero-order valence-corrected chi connectivity index (χ0v) is 15.2. The first-order valence-electron chi connectivity index (χ1n) is 8.03. The molecule has 0 aliphatic carbocycles. The number of amides is 2. The highest BCUT2D eigenvalue weighted by Crippen LogP contribution is 2.14. The third-order valence-electron chi connectivity index (χ3n) is 3.58. The summed E-state index contributed by atoms with van der Waals surface area (Å²) in [5, 5.41) is 16.2. The van der Waals surface area contributed by atoms with Gasteiger partial charge in [-0.25, -0.2) is 4.79 Å². The molecule has 0 radical (unpaired) electrons. The van der Waals surface area contributed by atoms with Crippen LogP contribution in [0.25, 0.3) is 6.08 Å². The van der Waals surface area contributed by atoms with Crippen LogP contribution in [0.5, 0.6) is 0 Å². The van der Waals surface area contributed by atoms with E-state index in [1.165, 1.54) is 17.4 Å². The molecule has 2 amide bonds. The minimum atomic E-state index is -1.13. The van der Waals surface area contributed by atoms with Crippen molar-refractivity contribution in [1.82, 2.24) is 10.6 Å². The van der Waals surface area contributed by atoms with Crippen molar-refractivity contribution in [2.75, 3.05) is 0 Å². The van der Waals surface area contributed by atoms with Crippen LogP contribution in [0.15, 0.2) is 53.5 Å². The topological polar surface area (TPSA) is 95.5 Å². The minimum absolute atomic E-state index is 0.00629. The average Bonchev–Trinajstić information content (AvgIpc) is 3.12. The van der Waals surface area contributed by atoms with Crippen LogP contribution in [-0.2, 0) is 9.59 Å². The van der Waals surface area contributed by atoms with E-state index in [4.69, 9.17) is 0 Å². The summed E-state index contributed by atoms with van der Waals surface area (Å²) in [6, 6.07) is 11.0. The Morgan fingerprint density at radius 1 is 1.08 bits per heavy atom. The van der Waals surface area contributed by atoms with Crippen LogP contribution in [0.1, 0.15) is 29.1 Å². The molecule has 7 heteroatoms. The molecule has 26 heavy (non-hydrogen) atoms. The molecule has 0 spiro atoms. The molecule has 2 rings (SSSR count). The lowest BCUT2D eigenvalue weighted by molar-refractivity contribution is -0.142. The summed E-state index contributed by atoms with van der Waals surface area (Å²) >= 11 is 1.40. The van der Waals surface area contributed by atoms with Gasteiger partial charge in [0.1, 0.15) is 11.7 Å². The molecule has 0 aliphatic heterocycles. The van der Waals surface area contributed by atoms with E-state index in [2.05, 4.69) is 10.6 Å². The molecule has 0 fully saturated rings.